The van der Waals surface area contributed by atoms with Crippen LogP contribution in [-0.4, -0.2) is 22.1 Å². The highest BCUT2D eigenvalue weighted by atomic mass is 35.5. The Morgan fingerprint density at radius 2 is 1.67 bits per heavy atom. The zero-order chi connectivity index (χ0) is 27.2. The summed E-state index contributed by atoms with van der Waals surface area (Å²) in [6.07, 6.45) is 11.0. The van der Waals surface area contributed by atoms with Crippen LogP contribution in [0.5, 0.6) is 0 Å². The second-order valence-electron chi connectivity index (χ2n) is 11.7. The molecule has 4 aliphatic rings. The number of rotatable bonds is 9. The van der Waals surface area contributed by atoms with Crippen molar-refractivity contribution in [1.82, 2.24) is 5.16 Å². The van der Waals surface area contributed by atoms with Gasteiger partial charge in [-0.25, -0.2) is 4.79 Å². The summed E-state index contributed by atoms with van der Waals surface area (Å²) in [6, 6.07) is 12.0. The molecule has 2 N–H and O–H groups in total. The standard InChI is InChI=1S/C31H32Cl2N2O4/c32-23-7-2-8-24(33)25(23)26-22(27(39-35-26)19-9-10-19)6-3-11-30-12-15-31(16-13-30,17-14-30)29(38)34-21-5-1-4-20(18-21)28(36)37/h1-2,4-5,7-8,18-19H,3,6,9-17H2,(H,34,38)(H,36,37). The molecule has 6 nitrogen and oxygen atoms in total. The summed E-state index contributed by atoms with van der Waals surface area (Å²) < 4.78 is 5.85. The number of aromatic carboxylic acids is 1. The number of fused-ring (bicyclic) bond motifs is 3. The maximum absolute atomic E-state index is 13.3. The molecule has 1 heterocycles. The van der Waals surface area contributed by atoms with Crippen molar-refractivity contribution < 1.29 is 19.2 Å². The predicted octanol–water partition coefficient (Wildman–Crippen LogP) is 8.53. The number of nitrogens with zero attached hydrogens (tertiary/aromatic N) is 1. The number of anilines is 1. The van der Waals surface area contributed by atoms with Crippen molar-refractivity contribution in [2.45, 2.75) is 76.5 Å². The average molecular weight is 568 g/mol. The molecular weight excluding hydrogens is 535 g/mol. The zero-order valence-corrected chi connectivity index (χ0v) is 23.3. The molecule has 0 saturated heterocycles. The molecule has 4 fully saturated rings. The molecule has 3 aromatic rings. The lowest BCUT2D eigenvalue weighted by molar-refractivity contribution is -0.135. The van der Waals surface area contributed by atoms with E-state index in [0.29, 0.717) is 21.7 Å². The summed E-state index contributed by atoms with van der Waals surface area (Å²) in [4.78, 5) is 24.6. The lowest BCUT2D eigenvalue weighted by Crippen LogP contribution is -2.48. The fraction of sp³-hybridized carbons (Fsp3) is 0.452. The first-order valence-electron chi connectivity index (χ1n) is 13.9. The van der Waals surface area contributed by atoms with Crippen LogP contribution in [0.1, 0.15) is 91.8 Å². The second kappa shape index (κ2) is 10.3. The molecule has 204 valence electrons. The Kier molecular flexibility index (Phi) is 6.96. The number of carboxylic acid groups (broad SMARTS) is 1. The molecule has 7 rings (SSSR count). The Morgan fingerprint density at radius 1 is 1.00 bits per heavy atom. The number of halogens is 2. The number of aromatic nitrogens is 1. The first-order chi connectivity index (χ1) is 18.8. The number of nitrogens with one attached hydrogen (secondary N) is 1. The third-order valence-electron chi connectivity index (χ3n) is 9.35. The van der Waals surface area contributed by atoms with E-state index in [9.17, 15) is 14.7 Å². The van der Waals surface area contributed by atoms with Gasteiger partial charge in [-0.15, -0.1) is 0 Å². The smallest absolute Gasteiger partial charge is 0.335 e. The highest BCUT2D eigenvalue weighted by molar-refractivity contribution is 6.39. The fourth-order valence-electron chi connectivity index (χ4n) is 6.76. The Bertz CT molecular complexity index is 1380. The summed E-state index contributed by atoms with van der Waals surface area (Å²) >= 11 is 13.1. The van der Waals surface area contributed by atoms with Gasteiger partial charge < -0.3 is 14.9 Å². The van der Waals surface area contributed by atoms with E-state index >= 15 is 0 Å². The van der Waals surface area contributed by atoms with Gasteiger partial charge in [0, 0.05) is 28.1 Å². The van der Waals surface area contributed by atoms with Crippen molar-refractivity contribution in [3.8, 4) is 11.3 Å². The van der Waals surface area contributed by atoms with E-state index in [0.717, 1.165) is 93.2 Å². The van der Waals surface area contributed by atoms with Crippen molar-refractivity contribution in [3.63, 3.8) is 0 Å². The number of carboxylic acids is 1. The van der Waals surface area contributed by atoms with Crippen molar-refractivity contribution in [2.75, 3.05) is 5.32 Å². The molecule has 0 unspecified atom stereocenters. The minimum absolute atomic E-state index is 0.0261. The molecule has 1 aromatic heterocycles. The molecule has 2 bridgehead atoms. The van der Waals surface area contributed by atoms with Crippen molar-refractivity contribution in [1.29, 1.82) is 0 Å². The number of carbonyl (C=O) groups excluding carboxylic acids is 1. The maximum Gasteiger partial charge on any atom is 0.335 e. The Balaban J connectivity index is 1.11. The van der Waals surface area contributed by atoms with Gasteiger partial charge in [0.25, 0.3) is 0 Å². The summed E-state index contributed by atoms with van der Waals surface area (Å²) in [5, 5.41) is 17.9. The van der Waals surface area contributed by atoms with E-state index in [-0.39, 0.29) is 22.3 Å². The quantitative estimate of drug-likeness (QED) is 0.270. The van der Waals surface area contributed by atoms with Gasteiger partial charge in [0.1, 0.15) is 11.5 Å². The monoisotopic (exact) mass is 566 g/mol. The van der Waals surface area contributed by atoms with Gasteiger partial charge in [0.2, 0.25) is 5.91 Å². The molecule has 0 radical (unpaired) electrons. The van der Waals surface area contributed by atoms with Crippen LogP contribution in [0, 0.1) is 10.8 Å². The van der Waals surface area contributed by atoms with Crippen LogP contribution >= 0.6 is 23.2 Å². The van der Waals surface area contributed by atoms with E-state index in [1.165, 1.54) is 12.1 Å². The van der Waals surface area contributed by atoms with Gasteiger partial charge in [-0.05, 0) is 106 Å². The highest BCUT2D eigenvalue weighted by Crippen LogP contribution is 2.59. The van der Waals surface area contributed by atoms with E-state index in [1.54, 1.807) is 12.1 Å². The van der Waals surface area contributed by atoms with Gasteiger partial charge in [-0.2, -0.15) is 0 Å². The first kappa shape index (κ1) is 26.4. The van der Waals surface area contributed by atoms with Crippen LogP contribution in [0.4, 0.5) is 5.69 Å². The molecule has 39 heavy (non-hydrogen) atoms. The highest BCUT2D eigenvalue weighted by Gasteiger charge is 2.52. The molecule has 0 atom stereocenters. The first-order valence-corrected chi connectivity index (χ1v) is 14.6. The molecular formula is C31H32Cl2N2O4. The Hall–Kier alpha value is -2.83. The topological polar surface area (TPSA) is 92.4 Å². The number of hydrogen-bond donors (Lipinski definition) is 2. The summed E-state index contributed by atoms with van der Waals surface area (Å²) in [7, 11) is 0. The number of amides is 1. The van der Waals surface area contributed by atoms with Crippen molar-refractivity contribution >= 4 is 40.8 Å². The van der Waals surface area contributed by atoms with Crippen LogP contribution < -0.4 is 5.32 Å². The van der Waals surface area contributed by atoms with Gasteiger partial charge >= 0.3 is 5.97 Å². The minimum atomic E-state index is -0.998. The molecule has 4 saturated carbocycles. The van der Waals surface area contributed by atoms with E-state index in [2.05, 4.69) is 10.5 Å². The SMILES string of the molecule is O=C(O)c1cccc(NC(=O)C23CCC(CCCc4c(-c5c(Cl)cccc5Cl)noc4C4CC4)(CC2)CC3)c1. The summed E-state index contributed by atoms with van der Waals surface area (Å²) in [5.74, 6) is 0.467. The van der Waals surface area contributed by atoms with Crippen LogP contribution in [0.2, 0.25) is 10.0 Å². The number of benzene rings is 2. The zero-order valence-electron chi connectivity index (χ0n) is 21.8. The molecule has 8 heteroatoms. The predicted molar refractivity (Wildman–Crippen MR) is 151 cm³/mol. The Labute approximate surface area is 238 Å². The van der Waals surface area contributed by atoms with Crippen LogP contribution in [0.25, 0.3) is 11.3 Å². The van der Waals surface area contributed by atoms with E-state index in [4.69, 9.17) is 27.7 Å². The number of hydrogen-bond acceptors (Lipinski definition) is 4. The van der Waals surface area contributed by atoms with Gasteiger partial charge in [0.05, 0.1) is 15.6 Å². The third-order valence-corrected chi connectivity index (χ3v) is 9.98. The van der Waals surface area contributed by atoms with Crippen molar-refractivity contribution in [3.05, 3.63) is 69.4 Å². The van der Waals surface area contributed by atoms with Crippen molar-refractivity contribution in [2.24, 2.45) is 10.8 Å². The molecule has 4 aliphatic carbocycles. The normalized spacial score (nSPS) is 24.1. The molecule has 0 spiro atoms. The molecule has 2 aromatic carbocycles. The number of carbonyl (C=O) groups is 2. The van der Waals surface area contributed by atoms with Gasteiger partial charge in [0.15, 0.2) is 0 Å². The minimum Gasteiger partial charge on any atom is -0.478 e. The van der Waals surface area contributed by atoms with E-state index in [1.807, 2.05) is 18.2 Å². The third kappa shape index (κ3) is 5.09. The summed E-state index contributed by atoms with van der Waals surface area (Å²) in [6.45, 7) is 0. The van der Waals surface area contributed by atoms with Crippen LogP contribution in [0.3, 0.4) is 0 Å². The molecule has 1 amide bonds. The lowest BCUT2D eigenvalue weighted by Gasteiger charge is -2.52. The van der Waals surface area contributed by atoms with Gasteiger partial charge in [-0.3, -0.25) is 4.79 Å². The molecule has 0 aliphatic heterocycles. The van der Waals surface area contributed by atoms with Gasteiger partial charge in [-0.1, -0.05) is 40.5 Å². The Morgan fingerprint density at radius 3 is 2.31 bits per heavy atom. The van der Waals surface area contributed by atoms with E-state index < -0.39 is 5.97 Å². The summed E-state index contributed by atoms with van der Waals surface area (Å²) in [5.41, 5.74) is 3.31. The second-order valence-corrected chi connectivity index (χ2v) is 12.5. The lowest BCUT2D eigenvalue weighted by atomic mass is 9.52. The van der Waals surface area contributed by atoms with Crippen LogP contribution in [-0.2, 0) is 11.2 Å². The maximum atomic E-state index is 13.3. The largest absolute Gasteiger partial charge is 0.478 e. The van der Waals surface area contributed by atoms with Crippen LogP contribution in [0.15, 0.2) is 47.0 Å². The average Bonchev–Trinajstić information content (AvgIpc) is 3.70. The fourth-order valence-corrected chi connectivity index (χ4v) is 7.34.